The predicted octanol–water partition coefficient (Wildman–Crippen LogP) is 1.36. The van der Waals surface area contributed by atoms with Crippen LogP contribution in [0.3, 0.4) is 0 Å². The van der Waals surface area contributed by atoms with Gasteiger partial charge in [0.15, 0.2) is 0 Å². The third-order valence-electron chi connectivity index (χ3n) is 3.62. The van der Waals surface area contributed by atoms with Crippen molar-refractivity contribution in [2.75, 3.05) is 26.4 Å². The van der Waals surface area contributed by atoms with Crippen LogP contribution in [0.1, 0.15) is 18.4 Å². The average Bonchev–Trinajstić information content (AvgIpc) is 2.94. The molecule has 1 saturated heterocycles. The quantitative estimate of drug-likeness (QED) is 0.674. The molecule has 1 heterocycles. The van der Waals surface area contributed by atoms with Gasteiger partial charge in [0.05, 0.1) is 0 Å². The monoisotopic (exact) mass is 287 g/mol. The highest BCUT2D eigenvalue weighted by Crippen LogP contribution is 2.19. The number of hydrogen-bond acceptors (Lipinski definition) is 3. The van der Waals surface area contributed by atoms with E-state index < -0.39 is 0 Å². The van der Waals surface area contributed by atoms with Crippen molar-refractivity contribution in [2.24, 2.45) is 0 Å². The smallest absolute Gasteiger partial charge is 0.247 e. The Bertz CT molecular complexity index is 549. The Balaban J connectivity index is 2.05. The molecule has 0 saturated carbocycles. The molecule has 1 atom stereocenters. The summed E-state index contributed by atoms with van der Waals surface area (Å²) in [5.74, 6) is -0.133. The largest absolute Gasteiger partial charge is 0.399 e. The van der Waals surface area contributed by atoms with Gasteiger partial charge in [-0.25, -0.2) is 0 Å². The van der Waals surface area contributed by atoms with Crippen molar-refractivity contribution >= 4 is 23.6 Å². The summed E-state index contributed by atoms with van der Waals surface area (Å²) in [5, 5.41) is 0. The van der Waals surface area contributed by atoms with Crippen LogP contribution in [0.4, 0.5) is 5.69 Å². The Morgan fingerprint density at radius 3 is 2.57 bits per heavy atom. The van der Waals surface area contributed by atoms with E-state index in [-0.39, 0.29) is 17.9 Å². The molecule has 1 aliphatic rings. The maximum absolute atomic E-state index is 12.3. The minimum Gasteiger partial charge on any atom is -0.399 e. The summed E-state index contributed by atoms with van der Waals surface area (Å²) in [5.41, 5.74) is 7.22. The lowest BCUT2D eigenvalue weighted by molar-refractivity contribution is -0.139. The number of anilines is 1. The summed E-state index contributed by atoms with van der Waals surface area (Å²) in [6.45, 7) is 0.634. The lowest BCUT2D eigenvalue weighted by Crippen LogP contribution is -2.44. The van der Waals surface area contributed by atoms with Crippen LogP contribution in [0.25, 0.3) is 6.08 Å². The van der Waals surface area contributed by atoms with Crippen molar-refractivity contribution in [3.63, 3.8) is 0 Å². The normalized spacial score (nSPS) is 18.2. The minimum absolute atomic E-state index is 0.0123. The zero-order valence-corrected chi connectivity index (χ0v) is 12.5. The number of nitrogens with two attached hydrogens (primary N) is 1. The van der Waals surface area contributed by atoms with E-state index in [2.05, 4.69) is 0 Å². The molecule has 1 aromatic rings. The van der Waals surface area contributed by atoms with Crippen molar-refractivity contribution in [3.05, 3.63) is 35.9 Å². The van der Waals surface area contributed by atoms with Gasteiger partial charge in [0.25, 0.3) is 0 Å². The van der Waals surface area contributed by atoms with Crippen LogP contribution in [0.5, 0.6) is 0 Å². The zero-order chi connectivity index (χ0) is 15.4. The third-order valence-corrected chi connectivity index (χ3v) is 3.62. The van der Waals surface area contributed by atoms with Gasteiger partial charge in [0.1, 0.15) is 6.04 Å². The van der Waals surface area contributed by atoms with Gasteiger partial charge in [-0.05, 0) is 36.6 Å². The molecule has 0 spiro atoms. The molecule has 5 heteroatoms. The predicted molar refractivity (Wildman–Crippen MR) is 83.3 cm³/mol. The fourth-order valence-electron chi connectivity index (χ4n) is 2.46. The van der Waals surface area contributed by atoms with Gasteiger partial charge in [-0.1, -0.05) is 12.1 Å². The average molecular weight is 287 g/mol. The first kappa shape index (κ1) is 15.1. The summed E-state index contributed by atoms with van der Waals surface area (Å²) in [6.07, 6.45) is 4.87. The van der Waals surface area contributed by atoms with Crippen LogP contribution in [-0.4, -0.2) is 48.3 Å². The van der Waals surface area contributed by atoms with Crippen LogP contribution in [0.2, 0.25) is 0 Å². The highest BCUT2D eigenvalue weighted by Gasteiger charge is 2.33. The molecule has 2 N–H and O–H groups in total. The van der Waals surface area contributed by atoms with E-state index in [1.54, 1.807) is 42.1 Å². The Kier molecular flexibility index (Phi) is 4.62. The number of hydrogen-bond donors (Lipinski definition) is 1. The Labute approximate surface area is 125 Å². The Hall–Kier alpha value is -2.30. The fourth-order valence-corrected chi connectivity index (χ4v) is 2.46. The number of nitrogen functional groups attached to an aromatic ring is 1. The van der Waals surface area contributed by atoms with Gasteiger partial charge in [-0.3, -0.25) is 9.59 Å². The minimum atomic E-state index is -0.330. The van der Waals surface area contributed by atoms with Crippen LogP contribution < -0.4 is 5.73 Å². The molecule has 21 heavy (non-hydrogen) atoms. The van der Waals surface area contributed by atoms with Gasteiger partial charge in [0, 0.05) is 32.4 Å². The Morgan fingerprint density at radius 1 is 1.29 bits per heavy atom. The van der Waals surface area contributed by atoms with E-state index in [9.17, 15) is 9.59 Å². The van der Waals surface area contributed by atoms with E-state index in [1.807, 2.05) is 12.1 Å². The van der Waals surface area contributed by atoms with Gasteiger partial charge in [-0.15, -0.1) is 0 Å². The molecule has 0 aliphatic carbocycles. The molecule has 2 amide bonds. The molecule has 0 aromatic heterocycles. The van der Waals surface area contributed by atoms with E-state index in [0.29, 0.717) is 12.2 Å². The summed E-state index contributed by atoms with van der Waals surface area (Å²) >= 11 is 0. The van der Waals surface area contributed by atoms with Gasteiger partial charge >= 0.3 is 0 Å². The summed E-state index contributed by atoms with van der Waals surface area (Å²) < 4.78 is 0. The molecule has 1 aliphatic heterocycles. The first-order chi connectivity index (χ1) is 9.99. The third kappa shape index (κ3) is 3.62. The number of rotatable bonds is 3. The summed E-state index contributed by atoms with van der Waals surface area (Å²) in [4.78, 5) is 27.5. The van der Waals surface area contributed by atoms with E-state index in [4.69, 9.17) is 5.73 Å². The lowest BCUT2D eigenvalue weighted by Gasteiger charge is -2.25. The Morgan fingerprint density at radius 2 is 1.95 bits per heavy atom. The molecule has 2 rings (SSSR count). The van der Waals surface area contributed by atoms with Crippen LogP contribution in [0, 0.1) is 0 Å². The van der Waals surface area contributed by atoms with Crippen molar-refractivity contribution < 1.29 is 9.59 Å². The van der Waals surface area contributed by atoms with Crippen molar-refractivity contribution in [1.82, 2.24) is 9.80 Å². The van der Waals surface area contributed by atoms with Gasteiger partial charge < -0.3 is 15.5 Å². The lowest BCUT2D eigenvalue weighted by atomic mass is 10.2. The zero-order valence-electron chi connectivity index (χ0n) is 12.5. The van der Waals surface area contributed by atoms with Gasteiger partial charge in [-0.2, -0.15) is 0 Å². The molecule has 1 fully saturated rings. The number of likely N-dealkylation sites (N-methyl/N-ethyl adjacent to an activating group) is 1. The highest BCUT2D eigenvalue weighted by atomic mass is 16.2. The SMILES string of the molecule is CN(C)C(=O)C1CCCN1C(=O)/C=C/c1ccc(N)cc1. The second kappa shape index (κ2) is 6.43. The van der Waals surface area contributed by atoms with Crippen LogP contribution in [-0.2, 0) is 9.59 Å². The van der Waals surface area contributed by atoms with Crippen molar-refractivity contribution in [1.29, 1.82) is 0 Å². The topological polar surface area (TPSA) is 66.6 Å². The first-order valence-corrected chi connectivity index (χ1v) is 7.04. The highest BCUT2D eigenvalue weighted by molar-refractivity contribution is 5.96. The summed E-state index contributed by atoms with van der Waals surface area (Å²) in [6, 6.07) is 6.96. The number of nitrogens with zero attached hydrogens (tertiary/aromatic N) is 2. The molecule has 1 aromatic carbocycles. The number of carbonyl (C=O) groups is 2. The molecule has 5 nitrogen and oxygen atoms in total. The maximum atomic E-state index is 12.3. The number of likely N-dealkylation sites (tertiary alicyclic amines) is 1. The number of amides is 2. The summed E-state index contributed by atoms with van der Waals surface area (Å²) in [7, 11) is 3.43. The second-order valence-corrected chi connectivity index (χ2v) is 5.42. The van der Waals surface area contributed by atoms with Gasteiger partial charge in [0.2, 0.25) is 11.8 Å². The van der Waals surface area contributed by atoms with Crippen molar-refractivity contribution in [2.45, 2.75) is 18.9 Å². The van der Waals surface area contributed by atoms with E-state index >= 15 is 0 Å². The van der Waals surface area contributed by atoms with Crippen LogP contribution >= 0.6 is 0 Å². The molecule has 112 valence electrons. The van der Waals surface area contributed by atoms with E-state index in [0.717, 1.165) is 18.4 Å². The second-order valence-electron chi connectivity index (χ2n) is 5.42. The van der Waals surface area contributed by atoms with Crippen molar-refractivity contribution in [3.8, 4) is 0 Å². The fraction of sp³-hybridized carbons (Fsp3) is 0.375. The number of benzene rings is 1. The maximum Gasteiger partial charge on any atom is 0.247 e. The standard InChI is InChI=1S/C16H21N3O2/c1-18(2)16(21)14-4-3-11-19(14)15(20)10-7-12-5-8-13(17)9-6-12/h5-10,14H,3-4,11,17H2,1-2H3/b10-7+. The first-order valence-electron chi connectivity index (χ1n) is 7.04. The van der Waals surface area contributed by atoms with Crippen LogP contribution in [0.15, 0.2) is 30.3 Å². The molecule has 1 unspecified atom stereocenters. The molecular weight excluding hydrogens is 266 g/mol. The molecule has 0 bridgehead atoms. The molecular formula is C16H21N3O2. The van der Waals surface area contributed by atoms with E-state index in [1.165, 1.54) is 6.08 Å². The molecule has 0 radical (unpaired) electrons. The number of carbonyl (C=O) groups excluding carboxylic acids is 2.